The van der Waals surface area contributed by atoms with Crippen LogP contribution in [0.5, 0.6) is 5.75 Å². The van der Waals surface area contributed by atoms with E-state index in [2.05, 4.69) is 4.99 Å². The Hall–Kier alpha value is -3.39. The van der Waals surface area contributed by atoms with E-state index in [-0.39, 0.29) is 11.6 Å². The van der Waals surface area contributed by atoms with Crippen LogP contribution in [0.1, 0.15) is 11.1 Å². The fourth-order valence-corrected chi connectivity index (χ4v) is 3.80. The van der Waals surface area contributed by atoms with Crippen LogP contribution in [-0.2, 0) is 4.79 Å². The van der Waals surface area contributed by atoms with Crippen LogP contribution < -0.4 is 4.74 Å². The molecule has 1 amide bonds. The van der Waals surface area contributed by atoms with Crippen molar-refractivity contribution in [3.05, 3.63) is 80.9 Å². The lowest BCUT2D eigenvalue weighted by atomic mass is 10.1. The number of amidine groups is 1. The first-order chi connectivity index (χ1) is 13.1. The van der Waals surface area contributed by atoms with Crippen molar-refractivity contribution in [1.82, 2.24) is 4.90 Å². The maximum Gasteiger partial charge on any atom is 0.296 e. The van der Waals surface area contributed by atoms with E-state index in [0.717, 1.165) is 5.56 Å². The minimum atomic E-state index is -0.443. The maximum atomic E-state index is 12.5. The molecule has 0 fully saturated rings. The first-order valence-corrected chi connectivity index (χ1v) is 8.86. The molecular formula is C19H13N3O4S. The first-order valence-electron chi connectivity index (χ1n) is 7.98. The van der Waals surface area contributed by atoms with E-state index in [9.17, 15) is 14.9 Å². The first kappa shape index (κ1) is 17.0. The molecule has 0 saturated heterocycles. The van der Waals surface area contributed by atoms with Crippen LogP contribution in [-0.4, -0.2) is 28.0 Å². The largest absolute Gasteiger partial charge is 0.496 e. The van der Waals surface area contributed by atoms with Gasteiger partial charge in [-0.25, -0.2) is 0 Å². The van der Waals surface area contributed by atoms with E-state index in [0.29, 0.717) is 27.9 Å². The molecule has 0 radical (unpaired) electrons. The number of carbonyl (C=O) groups is 1. The number of rotatable bonds is 4. The van der Waals surface area contributed by atoms with Crippen LogP contribution in [0.2, 0.25) is 0 Å². The van der Waals surface area contributed by atoms with Gasteiger partial charge < -0.3 is 4.74 Å². The highest BCUT2D eigenvalue weighted by Gasteiger charge is 2.37. The molecular weight excluding hydrogens is 366 g/mol. The van der Waals surface area contributed by atoms with Gasteiger partial charge in [0.25, 0.3) is 11.6 Å². The standard InChI is InChI=1S/C19H13N3O4S/c1-26-17-8-3-2-5-13(17)10-15-18(23)20-19-21(15)16(11-27-19)12-6-4-7-14(9-12)22(24)25/h2-11H,1H3/b15-10+. The Kier molecular flexibility index (Phi) is 4.25. The summed E-state index contributed by atoms with van der Waals surface area (Å²) in [5.41, 5.74) is 2.42. The lowest BCUT2D eigenvalue weighted by Crippen LogP contribution is -2.19. The number of methoxy groups -OCH3 is 1. The zero-order chi connectivity index (χ0) is 19.0. The molecule has 2 aliphatic rings. The molecule has 0 saturated carbocycles. The Morgan fingerprint density at radius 2 is 2.04 bits per heavy atom. The average molecular weight is 379 g/mol. The summed E-state index contributed by atoms with van der Waals surface area (Å²) in [6.45, 7) is 0. The van der Waals surface area contributed by atoms with Crippen LogP contribution in [0.4, 0.5) is 5.69 Å². The third-order valence-electron chi connectivity index (χ3n) is 4.15. The van der Waals surface area contributed by atoms with Crippen molar-refractivity contribution in [3.8, 4) is 5.75 Å². The Balaban J connectivity index is 1.77. The second-order valence-electron chi connectivity index (χ2n) is 5.73. The van der Waals surface area contributed by atoms with Crippen LogP contribution in [0.15, 0.2) is 64.6 Å². The van der Waals surface area contributed by atoms with Gasteiger partial charge in [-0.3, -0.25) is 19.8 Å². The Morgan fingerprint density at radius 1 is 1.22 bits per heavy atom. The van der Waals surface area contributed by atoms with Crippen molar-refractivity contribution < 1.29 is 14.5 Å². The van der Waals surface area contributed by atoms with E-state index in [1.54, 1.807) is 30.2 Å². The van der Waals surface area contributed by atoms with E-state index in [4.69, 9.17) is 4.74 Å². The van der Waals surface area contributed by atoms with Crippen LogP contribution in [0.25, 0.3) is 11.8 Å². The zero-order valence-electron chi connectivity index (χ0n) is 14.2. The summed E-state index contributed by atoms with van der Waals surface area (Å²) >= 11 is 1.31. The molecule has 8 heteroatoms. The van der Waals surface area contributed by atoms with Gasteiger partial charge in [0.2, 0.25) is 0 Å². The van der Waals surface area contributed by atoms with Crippen molar-refractivity contribution in [1.29, 1.82) is 0 Å². The number of ether oxygens (including phenoxy) is 1. The third-order valence-corrected chi connectivity index (χ3v) is 4.98. The second kappa shape index (κ2) is 6.73. The normalized spacial score (nSPS) is 17.0. The quantitative estimate of drug-likeness (QED) is 0.455. The van der Waals surface area contributed by atoms with E-state index in [1.807, 2.05) is 29.7 Å². The van der Waals surface area contributed by atoms with Gasteiger partial charge in [-0.1, -0.05) is 42.1 Å². The zero-order valence-corrected chi connectivity index (χ0v) is 15.0. The molecule has 0 aliphatic carbocycles. The lowest BCUT2D eigenvalue weighted by molar-refractivity contribution is -0.384. The summed E-state index contributed by atoms with van der Waals surface area (Å²) in [7, 11) is 1.57. The molecule has 0 aromatic heterocycles. The van der Waals surface area contributed by atoms with E-state index < -0.39 is 4.92 Å². The molecule has 7 nitrogen and oxygen atoms in total. The summed E-state index contributed by atoms with van der Waals surface area (Å²) in [5.74, 6) is 0.276. The van der Waals surface area contributed by atoms with Gasteiger partial charge in [0, 0.05) is 28.7 Å². The summed E-state index contributed by atoms with van der Waals surface area (Å²) in [6, 6.07) is 13.7. The van der Waals surface area contributed by atoms with Crippen LogP contribution in [0, 0.1) is 10.1 Å². The van der Waals surface area contributed by atoms with Gasteiger partial charge >= 0.3 is 0 Å². The summed E-state index contributed by atoms with van der Waals surface area (Å²) in [4.78, 5) is 28.9. The van der Waals surface area contributed by atoms with Crippen molar-refractivity contribution in [2.75, 3.05) is 7.11 Å². The topological polar surface area (TPSA) is 85.0 Å². The van der Waals surface area contributed by atoms with Gasteiger partial charge in [-0.2, -0.15) is 4.99 Å². The number of hydrogen-bond acceptors (Lipinski definition) is 6. The average Bonchev–Trinajstić information content (AvgIpc) is 3.22. The monoisotopic (exact) mass is 379 g/mol. The third kappa shape index (κ3) is 3.00. The van der Waals surface area contributed by atoms with E-state index >= 15 is 0 Å². The molecule has 0 spiro atoms. The van der Waals surface area contributed by atoms with Gasteiger partial charge in [-0.15, -0.1) is 0 Å². The molecule has 2 aliphatic heterocycles. The highest BCUT2D eigenvalue weighted by atomic mass is 32.2. The molecule has 0 bridgehead atoms. The molecule has 2 aromatic rings. The van der Waals surface area contributed by atoms with Crippen molar-refractivity contribution in [2.24, 2.45) is 4.99 Å². The molecule has 0 atom stereocenters. The fraction of sp³-hybridized carbons (Fsp3) is 0.0526. The van der Waals surface area contributed by atoms with Gasteiger partial charge in [0.15, 0.2) is 5.17 Å². The number of nitrogens with zero attached hydrogens (tertiary/aromatic N) is 3. The Morgan fingerprint density at radius 3 is 2.81 bits per heavy atom. The number of amides is 1. The molecule has 27 heavy (non-hydrogen) atoms. The number of carbonyl (C=O) groups excluding carboxylic acids is 1. The number of aliphatic imine (C=N–C) groups is 1. The van der Waals surface area contributed by atoms with Gasteiger partial charge in [0.05, 0.1) is 17.7 Å². The number of nitro benzene ring substituents is 1. The molecule has 134 valence electrons. The lowest BCUT2D eigenvalue weighted by Gasteiger charge is -2.18. The summed E-state index contributed by atoms with van der Waals surface area (Å²) in [5, 5.41) is 13.5. The minimum absolute atomic E-state index is 0.00966. The van der Waals surface area contributed by atoms with Crippen molar-refractivity contribution >= 4 is 40.3 Å². The number of hydrogen-bond donors (Lipinski definition) is 0. The molecule has 0 N–H and O–H groups in total. The fourth-order valence-electron chi connectivity index (χ4n) is 2.90. The molecule has 2 heterocycles. The second-order valence-corrected chi connectivity index (χ2v) is 6.57. The van der Waals surface area contributed by atoms with Crippen molar-refractivity contribution in [3.63, 3.8) is 0 Å². The number of para-hydroxylation sites is 1. The highest BCUT2D eigenvalue weighted by molar-refractivity contribution is 8.17. The predicted octanol–water partition coefficient (Wildman–Crippen LogP) is 3.89. The Bertz CT molecular complexity index is 1060. The van der Waals surface area contributed by atoms with Gasteiger partial charge in [-0.05, 0) is 12.1 Å². The highest BCUT2D eigenvalue weighted by Crippen LogP contribution is 2.41. The Labute approximate surface area is 158 Å². The van der Waals surface area contributed by atoms with E-state index in [1.165, 1.54) is 23.9 Å². The molecule has 2 aromatic carbocycles. The van der Waals surface area contributed by atoms with Crippen LogP contribution in [0.3, 0.4) is 0 Å². The predicted molar refractivity (Wildman–Crippen MR) is 104 cm³/mol. The minimum Gasteiger partial charge on any atom is -0.496 e. The number of non-ortho nitro benzene ring substituents is 1. The van der Waals surface area contributed by atoms with Gasteiger partial charge in [0.1, 0.15) is 11.4 Å². The summed E-state index contributed by atoms with van der Waals surface area (Å²) in [6.07, 6.45) is 1.72. The number of thioether (sulfide) groups is 1. The summed E-state index contributed by atoms with van der Waals surface area (Å²) < 4.78 is 5.35. The molecule has 4 rings (SSSR count). The maximum absolute atomic E-state index is 12.5. The number of fused-ring (bicyclic) bond motifs is 1. The number of nitro groups is 1. The van der Waals surface area contributed by atoms with Crippen molar-refractivity contribution in [2.45, 2.75) is 0 Å². The SMILES string of the molecule is COc1ccccc1/C=C1\C(=O)N=C2SC=C(c3cccc([N+](=O)[O-])c3)N21. The molecule has 0 unspecified atom stereocenters. The smallest absolute Gasteiger partial charge is 0.296 e. The number of benzene rings is 2. The van der Waals surface area contributed by atoms with Crippen LogP contribution >= 0.6 is 11.8 Å².